The summed E-state index contributed by atoms with van der Waals surface area (Å²) in [6.07, 6.45) is 43.8. The zero-order valence-corrected chi connectivity index (χ0v) is 39.0. The number of carboxylic acid groups (broad SMARTS) is 1. The van der Waals surface area contributed by atoms with E-state index in [1.54, 1.807) is 0 Å². The van der Waals surface area contributed by atoms with Crippen LogP contribution in [0, 0.1) is 0 Å². The van der Waals surface area contributed by atoms with Crippen LogP contribution >= 0.6 is 0 Å². The Hall–Kier alpha value is -3.35. The van der Waals surface area contributed by atoms with Crippen molar-refractivity contribution < 1.29 is 53.8 Å². The van der Waals surface area contributed by atoms with E-state index in [0.717, 1.165) is 96.3 Å². The van der Waals surface area contributed by atoms with Crippen molar-refractivity contribution in [2.75, 3.05) is 13.2 Å². The predicted octanol–water partition coefficient (Wildman–Crippen LogP) is 11.3. The van der Waals surface area contributed by atoms with Gasteiger partial charge in [0.1, 0.15) is 24.9 Å². The van der Waals surface area contributed by atoms with Crippen molar-refractivity contribution >= 4 is 17.9 Å². The van der Waals surface area contributed by atoms with Crippen LogP contribution in [0.2, 0.25) is 0 Å². The van der Waals surface area contributed by atoms with E-state index in [-0.39, 0.29) is 19.4 Å². The first-order chi connectivity index (χ1) is 30.7. The van der Waals surface area contributed by atoms with Crippen LogP contribution in [0.3, 0.4) is 0 Å². The molecule has 4 N–H and O–H groups in total. The number of aliphatic carboxylic acids is 1. The highest BCUT2D eigenvalue weighted by Gasteiger charge is 2.47. The molecular formula is C52H86O11. The van der Waals surface area contributed by atoms with Gasteiger partial charge in [-0.05, 0) is 77.0 Å². The van der Waals surface area contributed by atoms with E-state index in [0.29, 0.717) is 12.8 Å². The van der Waals surface area contributed by atoms with Crippen LogP contribution in [0.15, 0.2) is 72.9 Å². The highest BCUT2D eigenvalue weighted by Crippen LogP contribution is 2.23. The summed E-state index contributed by atoms with van der Waals surface area (Å²) in [4.78, 5) is 36.9. The van der Waals surface area contributed by atoms with Crippen molar-refractivity contribution in [3.63, 3.8) is 0 Å². The first-order valence-electron chi connectivity index (χ1n) is 24.5. The van der Waals surface area contributed by atoms with Crippen LogP contribution in [0.1, 0.15) is 187 Å². The number of hydrogen-bond donors (Lipinski definition) is 4. The lowest BCUT2D eigenvalue weighted by Gasteiger charge is -2.38. The number of aliphatic hydroxyl groups excluding tert-OH is 3. The van der Waals surface area contributed by atoms with Crippen molar-refractivity contribution in [3.8, 4) is 0 Å². The van der Waals surface area contributed by atoms with Gasteiger partial charge in [-0.1, -0.05) is 170 Å². The van der Waals surface area contributed by atoms with Crippen LogP contribution < -0.4 is 0 Å². The molecule has 0 aromatic rings. The monoisotopic (exact) mass is 887 g/mol. The van der Waals surface area contributed by atoms with Gasteiger partial charge >= 0.3 is 17.9 Å². The molecule has 1 rings (SSSR count). The predicted molar refractivity (Wildman–Crippen MR) is 252 cm³/mol. The lowest BCUT2D eigenvalue weighted by molar-refractivity contribution is -0.298. The quantitative estimate of drug-likeness (QED) is 0.0262. The fourth-order valence-corrected chi connectivity index (χ4v) is 6.94. The molecule has 0 amide bonds. The highest BCUT2D eigenvalue weighted by molar-refractivity contribution is 5.73. The van der Waals surface area contributed by atoms with E-state index in [1.807, 2.05) is 0 Å². The van der Waals surface area contributed by atoms with E-state index < -0.39 is 61.3 Å². The molecule has 6 unspecified atom stereocenters. The maximum Gasteiger partial charge on any atom is 0.335 e. The summed E-state index contributed by atoms with van der Waals surface area (Å²) >= 11 is 0. The van der Waals surface area contributed by atoms with Crippen molar-refractivity contribution in [1.29, 1.82) is 0 Å². The second-order valence-corrected chi connectivity index (χ2v) is 16.6. The van der Waals surface area contributed by atoms with Crippen LogP contribution in [-0.2, 0) is 33.3 Å². The lowest BCUT2D eigenvalue weighted by atomic mass is 9.99. The molecule has 0 saturated carbocycles. The van der Waals surface area contributed by atoms with Gasteiger partial charge in [-0.15, -0.1) is 0 Å². The summed E-state index contributed by atoms with van der Waals surface area (Å²) in [5.74, 6) is -2.47. The Bertz CT molecular complexity index is 1320. The summed E-state index contributed by atoms with van der Waals surface area (Å²) in [6, 6.07) is 0. The number of hydrogen-bond acceptors (Lipinski definition) is 10. The van der Waals surface area contributed by atoms with E-state index in [1.165, 1.54) is 51.4 Å². The van der Waals surface area contributed by atoms with Crippen LogP contribution in [0.5, 0.6) is 0 Å². The Morgan fingerprint density at radius 1 is 0.508 bits per heavy atom. The third kappa shape index (κ3) is 32.9. The minimum Gasteiger partial charge on any atom is -0.479 e. The Balaban J connectivity index is 2.30. The van der Waals surface area contributed by atoms with Gasteiger partial charge in [0.05, 0.1) is 6.61 Å². The highest BCUT2D eigenvalue weighted by atomic mass is 16.7. The zero-order chi connectivity index (χ0) is 46.0. The van der Waals surface area contributed by atoms with Crippen LogP contribution in [-0.4, -0.2) is 88.4 Å². The number of carbonyl (C=O) groups is 3. The maximum absolute atomic E-state index is 12.8. The fourth-order valence-electron chi connectivity index (χ4n) is 6.94. The Morgan fingerprint density at radius 2 is 0.937 bits per heavy atom. The molecule has 0 bridgehead atoms. The average molecular weight is 887 g/mol. The van der Waals surface area contributed by atoms with Crippen LogP contribution in [0.4, 0.5) is 0 Å². The molecule has 0 aliphatic carbocycles. The van der Waals surface area contributed by atoms with Crippen LogP contribution in [0.25, 0.3) is 0 Å². The van der Waals surface area contributed by atoms with E-state index >= 15 is 0 Å². The summed E-state index contributed by atoms with van der Waals surface area (Å²) in [5, 5.41) is 39.9. The summed E-state index contributed by atoms with van der Waals surface area (Å²) in [7, 11) is 0. The largest absolute Gasteiger partial charge is 0.479 e. The molecule has 360 valence electrons. The van der Waals surface area contributed by atoms with E-state index in [4.69, 9.17) is 18.9 Å². The molecule has 11 heteroatoms. The summed E-state index contributed by atoms with van der Waals surface area (Å²) in [6.45, 7) is 3.64. The zero-order valence-electron chi connectivity index (χ0n) is 39.0. The van der Waals surface area contributed by atoms with E-state index in [9.17, 15) is 34.8 Å². The maximum atomic E-state index is 12.8. The average Bonchev–Trinajstić information content (AvgIpc) is 3.27. The molecule has 0 aromatic heterocycles. The topological polar surface area (TPSA) is 169 Å². The molecule has 1 aliphatic rings. The molecule has 0 radical (unpaired) electrons. The van der Waals surface area contributed by atoms with Gasteiger partial charge in [0.2, 0.25) is 0 Å². The van der Waals surface area contributed by atoms with Gasteiger partial charge in [0.15, 0.2) is 18.5 Å². The molecule has 0 aromatic carbocycles. The molecule has 11 nitrogen and oxygen atoms in total. The minimum absolute atomic E-state index is 0.163. The first kappa shape index (κ1) is 57.7. The number of esters is 2. The summed E-state index contributed by atoms with van der Waals surface area (Å²) in [5.41, 5.74) is 0. The SMILES string of the molecule is CC/C=C\C/C=C\C/C=C\C/C=C\CCCCCCCCCCCCC(=O)OCC(COC1OC(C(=O)O)C(O)C(O)C1O)OC(=O)CCCCCCC/C=C\C/C=C\CCCC. The third-order valence-corrected chi connectivity index (χ3v) is 10.8. The number of unbranched alkanes of at least 4 members (excludes halogenated alkanes) is 17. The lowest BCUT2D eigenvalue weighted by Crippen LogP contribution is -2.60. The molecule has 1 heterocycles. The van der Waals surface area contributed by atoms with Crippen molar-refractivity contribution in [3.05, 3.63) is 72.9 Å². The van der Waals surface area contributed by atoms with E-state index in [2.05, 4.69) is 86.8 Å². The Labute approximate surface area is 380 Å². The molecule has 6 atom stereocenters. The molecule has 0 spiro atoms. The van der Waals surface area contributed by atoms with Crippen molar-refractivity contribution in [2.24, 2.45) is 0 Å². The number of carbonyl (C=O) groups excluding carboxylic acids is 2. The van der Waals surface area contributed by atoms with Gasteiger partial charge in [-0.3, -0.25) is 9.59 Å². The van der Waals surface area contributed by atoms with Crippen molar-refractivity contribution in [2.45, 2.75) is 224 Å². The van der Waals surface area contributed by atoms with Gasteiger partial charge in [0.25, 0.3) is 0 Å². The number of ether oxygens (including phenoxy) is 4. The van der Waals surface area contributed by atoms with Gasteiger partial charge in [-0.25, -0.2) is 4.79 Å². The number of aliphatic hydroxyl groups is 3. The third-order valence-electron chi connectivity index (χ3n) is 10.8. The molecule has 1 aliphatic heterocycles. The van der Waals surface area contributed by atoms with Gasteiger partial charge in [-0.2, -0.15) is 0 Å². The molecule has 1 saturated heterocycles. The Kier molecular flexibility index (Phi) is 37.9. The second-order valence-electron chi connectivity index (χ2n) is 16.6. The summed E-state index contributed by atoms with van der Waals surface area (Å²) < 4.78 is 21.8. The molecular weight excluding hydrogens is 801 g/mol. The number of allylic oxidation sites excluding steroid dienone is 12. The fraction of sp³-hybridized carbons (Fsp3) is 0.712. The minimum atomic E-state index is -1.87. The number of carboxylic acids is 1. The van der Waals surface area contributed by atoms with Gasteiger partial charge < -0.3 is 39.4 Å². The number of rotatable bonds is 40. The van der Waals surface area contributed by atoms with Crippen molar-refractivity contribution in [1.82, 2.24) is 0 Å². The molecule has 63 heavy (non-hydrogen) atoms. The molecule has 1 fully saturated rings. The normalized spacial score (nSPS) is 20.0. The first-order valence-corrected chi connectivity index (χ1v) is 24.5. The smallest absolute Gasteiger partial charge is 0.335 e. The standard InChI is InChI=1S/C52H86O11/c1-3-5-7-9-11-13-15-17-19-20-21-22-23-24-25-26-27-29-30-32-34-36-38-40-45(53)60-42-44(43-61-52-49(57)47(55)48(56)50(63-52)51(58)59)62-46(54)41-39-37-35-33-31-28-18-16-14-12-10-8-6-4-2/h5,7,10-13,16-19,21-22,44,47-50,52,55-57H,3-4,6,8-9,14-15,20,23-43H2,1-2H3,(H,58,59)/b7-5-,12-10-,13-11-,18-16-,19-17-,22-21-. The Morgan fingerprint density at radius 3 is 1.41 bits per heavy atom. The second kappa shape index (κ2) is 41.4. The van der Waals surface area contributed by atoms with Gasteiger partial charge in [0, 0.05) is 12.8 Å².